The molecular formula is C8H15N2O7P. The summed E-state index contributed by atoms with van der Waals surface area (Å²) in [5, 5.41) is 2.42. The minimum atomic E-state index is -3.90. The molecular weight excluding hydrogens is 267 g/mol. The second kappa shape index (κ2) is 5.33. The van der Waals surface area contributed by atoms with Crippen LogP contribution in [0.15, 0.2) is 0 Å². The highest BCUT2D eigenvalue weighted by Crippen LogP contribution is 2.49. The first kappa shape index (κ1) is 15.1. The van der Waals surface area contributed by atoms with E-state index in [4.69, 9.17) is 0 Å². The van der Waals surface area contributed by atoms with Crippen LogP contribution in [0.2, 0.25) is 0 Å². The maximum atomic E-state index is 12.0. The third kappa shape index (κ3) is 3.06. The molecule has 18 heavy (non-hydrogen) atoms. The summed E-state index contributed by atoms with van der Waals surface area (Å²) in [6.45, 7) is 3.04. The third-order valence-corrected chi connectivity index (χ3v) is 3.52. The predicted molar refractivity (Wildman–Crippen MR) is 58.1 cm³/mol. The van der Waals surface area contributed by atoms with E-state index in [1.54, 1.807) is 0 Å². The summed E-state index contributed by atoms with van der Waals surface area (Å²) in [6, 6.07) is -0.690. The van der Waals surface area contributed by atoms with Gasteiger partial charge in [-0.05, 0) is 13.8 Å². The molecule has 0 aromatic carbocycles. The van der Waals surface area contributed by atoms with Gasteiger partial charge >= 0.3 is 13.6 Å². The second-order valence-electron chi connectivity index (χ2n) is 4.02. The molecule has 0 aliphatic carbocycles. The van der Waals surface area contributed by atoms with Crippen molar-refractivity contribution in [3.8, 4) is 0 Å². The number of nitrogens with one attached hydrogen (secondary N) is 1. The van der Waals surface area contributed by atoms with E-state index in [1.807, 2.05) is 0 Å². The fourth-order valence-corrected chi connectivity index (χ4v) is 2.58. The molecule has 3 amide bonds. The van der Waals surface area contributed by atoms with E-state index < -0.39 is 31.4 Å². The number of amides is 3. The second-order valence-corrected chi connectivity index (χ2v) is 5.83. The lowest BCUT2D eigenvalue weighted by atomic mass is 10.1. The average Bonchev–Trinajstić information content (AvgIpc) is 2.41. The van der Waals surface area contributed by atoms with Gasteiger partial charge in [-0.25, -0.2) is 19.5 Å². The Morgan fingerprint density at radius 3 is 2.06 bits per heavy atom. The van der Waals surface area contributed by atoms with E-state index in [0.717, 1.165) is 19.1 Å². The monoisotopic (exact) mass is 282 g/mol. The van der Waals surface area contributed by atoms with Gasteiger partial charge in [0.1, 0.15) is 11.8 Å². The lowest BCUT2D eigenvalue weighted by Crippen LogP contribution is -2.40. The molecule has 0 atom stereocenters. The summed E-state index contributed by atoms with van der Waals surface area (Å²) in [5.74, 6) is -0.549. The molecule has 0 aromatic heterocycles. The summed E-state index contributed by atoms with van der Waals surface area (Å²) in [7, 11) is -1.67. The molecule has 1 fully saturated rings. The highest BCUT2D eigenvalue weighted by Gasteiger charge is 2.48. The van der Waals surface area contributed by atoms with Crippen LogP contribution in [0, 0.1) is 0 Å². The first-order chi connectivity index (χ1) is 8.25. The Balaban J connectivity index is 2.85. The van der Waals surface area contributed by atoms with Crippen molar-refractivity contribution in [3.63, 3.8) is 0 Å². The molecule has 1 aliphatic rings. The van der Waals surface area contributed by atoms with Crippen molar-refractivity contribution in [2.75, 3.05) is 20.5 Å². The van der Waals surface area contributed by atoms with Gasteiger partial charge in [-0.15, -0.1) is 9.35 Å². The van der Waals surface area contributed by atoms with Crippen LogP contribution in [0.1, 0.15) is 13.8 Å². The standard InChI is InChI=1S/C8H15N2O7P/c1-8(2)6(11)10(7(12)9-8)5-18(13,16-14-3)17-15-4/h5H2,1-4H3,(H,9,12). The molecule has 0 unspecified atom stereocenters. The van der Waals surface area contributed by atoms with Gasteiger partial charge in [0.15, 0.2) is 0 Å². The Morgan fingerprint density at radius 1 is 1.22 bits per heavy atom. The Hall–Kier alpha value is -0.990. The summed E-state index contributed by atoms with van der Waals surface area (Å²) in [4.78, 5) is 32.6. The molecule has 0 saturated carbocycles. The zero-order valence-electron chi connectivity index (χ0n) is 10.5. The van der Waals surface area contributed by atoms with Gasteiger partial charge < -0.3 is 5.32 Å². The van der Waals surface area contributed by atoms with Gasteiger partial charge in [0.25, 0.3) is 5.91 Å². The molecule has 104 valence electrons. The van der Waals surface area contributed by atoms with Crippen LogP contribution in [0.5, 0.6) is 0 Å². The SMILES string of the molecule is COOP(=O)(CN1C(=O)NC(C)(C)C1=O)OOC. The summed E-state index contributed by atoms with van der Waals surface area (Å²) in [5.41, 5.74) is -1.07. The molecule has 1 N–H and O–H groups in total. The van der Waals surface area contributed by atoms with Gasteiger partial charge in [0.2, 0.25) is 0 Å². The zero-order valence-corrected chi connectivity index (χ0v) is 11.4. The van der Waals surface area contributed by atoms with Crippen LogP contribution in [0.4, 0.5) is 4.79 Å². The molecule has 9 nitrogen and oxygen atoms in total. The van der Waals surface area contributed by atoms with E-state index >= 15 is 0 Å². The Labute approximate surface area is 104 Å². The normalized spacial score (nSPS) is 19.2. The van der Waals surface area contributed by atoms with Crippen LogP contribution >= 0.6 is 7.60 Å². The van der Waals surface area contributed by atoms with Gasteiger partial charge in [-0.2, -0.15) is 0 Å². The highest BCUT2D eigenvalue weighted by atomic mass is 31.2. The van der Waals surface area contributed by atoms with Crippen LogP contribution < -0.4 is 5.32 Å². The van der Waals surface area contributed by atoms with Gasteiger partial charge in [-0.3, -0.25) is 9.36 Å². The van der Waals surface area contributed by atoms with Crippen LogP contribution in [0.3, 0.4) is 0 Å². The topological polar surface area (TPSA) is 103 Å². The number of imide groups is 1. The molecule has 0 spiro atoms. The maximum Gasteiger partial charge on any atom is 0.403 e. The fourth-order valence-electron chi connectivity index (χ4n) is 1.41. The van der Waals surface area contributed by atoms with Crippen molar-refractivity contribution in [1.82, 2.24) is 10.2 Å². The molecule has 0 radical (unpaired) electrons. The number of hydrogen-bond donors (Lipinski definition) is 1. The lowest BCUT2D eigenvalue weighted by Gasteiger charge is -2.19. The molecule has 1 saturated heterocycles. The van der Waals surface area contributed by atoms with E-state index in [2.05, 4.69) is 24.4 Å². The number of rotatable bonds is 6. The van der Waals surface area contributed by atoms with E-state index in [-0.39, 0.29) is 0 Å². The van der Waals surface area contributed by atoms with Crippen molar-refractivity contribution in [1.29, 1.82) is 0 Å². The number of urea groups is 1. The number of nitrogens with zero attached hydrogens (tertiary/aromatic N) is 1. The first-order valence-corrected chi connectivity index (χ1v) is 6.66. The molecule has 1 heterocycles. The van der Waals surface area contributed by atoms with Gasteiger partial charge in [-0.1, -0.05) is 0 Å². The minimum Gasteiger partial charge on any atom is -0.324 e. The highest BCUT2D eigenvalue weighted by molar-refractivity contribution is 7.53. The van der Waals surface area contributed by atoms with E-state index in [9.17, 15) is 14.2 Å². The Bertz CT molecular complexity index is 387. The quantitative estimate of drug-likeness (QED) is 0.329. The largest absolute Gasteiger partial charge is 0.403 e. The molecule has 1 aliphatic heterocycles. The minimum absolute atomic E-state index is 0.549. The Morgan fingerprint density at radius 2 is 1.72 bits per heavy atom. The predicted octanol–water partition coefficient (Wildman–Crippen LogP) is 0.623. The maximum absolute atomic E-state index is 12.0. The molecule has 10 heteroatoms. The summed E-state index contributed by atoms with van der Waals surface area (Å²) < 4.78 is 20.9. The summed E-state index contributed by atoms with van der Waals surface area (Å²) in [6.07, 6.45) is -0.608. The average molecular weight is 282 g/mol. The fraction of sp³-hybridized carbons (Fsp3) is 0.750. The molecule has 0 bridgehead atoms. The number of carbonyl (C=O) groups is 2. The lowest BCUT2D eigenvalue weighted by molar-refractivity contribution is -0.243. The van der Waals surface area contributed by atoms with Crippen LogP contribution in [-0.2, 0) is 28.5 Å². The van der Waals surface area contributed by atoms with Crippen molar-refractivity contribution < 1.29 is 33.3 Å². The van der Waals surface area contributed by atoms with Crippen molar-refractivity contribution in [2.24, 2.45) is 0 Å². The Kier molecular flexibility index (Phi) is 4.46. The first-order valence-electron chi connectivity index (χ1n) is 4.94. The number of hydrogen-bond acceptors (Lipinski definition) is 7. The van der Waals surface area contributed by atoms with Crippen molar-refractivity contribution in [2.45, 2.75) is 19.4 Å². The van der Waals surface area contributed by atoms with E-state index in [1.165, 1.54) is 13.8 Å². The zero-order chi connectivity index (χ0) is 14.0. The molecule has 1 rings (SSSR count). The van der Waals surface area contributed by atoms with Gasteiger partial charge in [0, 0.05) is 0 Å². The van der Waals surface area contributed by atoms with Crippen LogP contribution in [0.25, 0.3) is 0 Å². The van der Waals surface area contributed by atoms with Gasteiger partial charge in [0.05, 0.1) is 14.2 Å². The summed E-state index contributed by atoms with van der Waals surface area (Å²) >= 11 is 0. The van der Waals surface area contributed by atoms with Crippen LogP contribution in [-0.4, -0.2) is 42.9 Å². The van der Waals surface area contributed by atoms with E-state index in [0.29, 0.717) is 0 Å². The molecule has 0 aromatic rings. The number of carbonyl (C=O) groups excluding carboxylic acids is 2. The third-order valence-electron chi connectivity index (χ3n) is 2.14. The van der Waals surface area contributed by atoms with Crippen molar-refractivity contribution in [3.05, 3.63) is 0 Å². The van der Waals surface area contributed by atoms with Crippen molar-refractivity contribution >= 4 is 19.5 Å². The smallest absolute Gasteiger partial charge is 0.324 e.